The van der Waals surface area contributed by atoms with E-state index in [4.69, 9.17) is 11.0 Å². The fourth-order valence-electron chi connectivity index (χ4n) is 3.95. The van der Waals surface area contributed by atoms with E-state index in [0.717, 1.165) is 6.42 Å². The van der Waals surface area contributed by atoms with Crippen LogP contribution in [0.15, 0.2) is 36.7 Å². The summed E-state index contributed by atoms with van der Waals surface area (Å²) in [6.07, 6.45) is 3.68. The molecule has 0 radical (unpaired) electrons. The number of carbonyl (C=O) groups excluding carboxylic acids is 1. The number of nitrogens with zero attached hydrogens (tertiary/aromatic N) is 6. The zero-order valence-corrected chi connectivity index (χ0v) is 18.3. The second-order valence-electron chi connectivity index (χ2n) is 8.22. The fourth-order valence-corrected chi connectivity index (χ4v) is 3.95. The molecule has 174 valence electrons. The largest absolute Gasteiger partial charge is 0.378 e. The van der Waals surface area contributed by atoms with E-state index in [-0.39, 0.29) is 23.3 Å². The lowest BCUT2D eigenvalue weighted by Crippen LogP contribution is -2.36. The summed E-state index contributed by atoms with van der Waals surface area (Å²) in [6, 6.07) is 6.28. The molecule has 0 unspecified atom stereocenters. The van der Waals surface area contributed by atoms with Gasteiger partial charge in [-0.25, -0.2) is 9.50 Å². The number of amides is 1. The molecule has 5 heterocycles. The summed E-state index contributed by atoms with van der Waals surface area (Å²) in [5.41, 5.74) is 1.76. The van der Waals surface area contributed by atoms with Gasteiger partial charge in [-0.05, 0) is 36.6 Å². The predicted molar refractivity (Wildman–Crippen MR) is 130 cm³/mol. The number of pyridine rings is 2. The number of anilines is 3. The highest BCUT2D eigenvalue weighted by Crippen LogP contribution is 2.38. The van der Waals surface area contributed by atoms with Gasteiger partial charge in [0.25, 0.3) is 0 Å². The van der Waals surface area contributed by atoms with Crippen molar-refractivity contribution in [3.63, 3.8) is 0 Å². The number of fused-ring (bicyclic) bond motifs is 2. The Hall–Kier alpha value is -3.79. The van der Waals surface area contributed by atoms with E-state index in [1.54, 1.807) is 25.4 Å². The smallest absolute Gasteiger partial charge is 0.228 e. The minimum atomic E-state index is -3.18. The van der Waals surface area contributed by atoms with E-state index >= 15 is 0 Å². The fraction of sp³-hybridized carbons (Fsp3) is 0.375. The van der Waals surface area contributed by atoms with Crippen LogP contribution in [0.1, 0.15) is 24.3 Å². The molecule has 1 aliphatic heterocycles. The van der Waals surface area contributed by atoms with Gasteiger partial charge in [0.2, 0.25) is 5.91 Å². The number of hydrogen-bond donors (Lipinski definition) is 2. The Morgan fingerprint density at radius 3 is 2.82 bits per heavy atom. The highest BCUT2D eigenvalue weighted by molar-refractivity contribution is 6.01. The first-order valence-corrected chi connectivity index (χ1v) is 10.7. The lowest BCUT2D eigenvalue weighted by Gasteiger charge is -2.28. The standard InChI is InChI=1S/C24H26N8O2/c1-14-9-17(14)24(33)27-21-11-18-19(12-26-23(25-2)22(18)29-28-21)20-10-15-3-4-16(13-32(15)30-20)31-5-7-34-8-6-31/h3-4,10-14,17H,5-9H2,1-2H3,(H,25,26)(H,27,28,33)/t14-,17+/m1/s1/i5D2,6D2,7D2,8D2. The van der Waals surface area contributed by atoms with Gasteiger partial charge >= 0.3 is 0 Å². The minimum Gasteiger partial charge on any atom is -0.378 e. The van der Waals surface area contributed by atoms with Gasteiger partial charge in [-0.2, -0.15) is 5.10 Å². The molecule has 1 aliphatic carbocycles. The van der Waals surface area contributed by atoms with E-state index < -0.39 is 26.1 Å². The van der Waals surface area contributed by atoms with E-state index in [2.05, 4.69) is 35.7 Å². The van der Waals surface area contributed by atoms with Crippen LogP contribution in [-0.4, -0.2) is 63.9 Å². The van der Waals surface area contributed by atoms with Crippen molar-refractivity contribution in [3.05, 3.63) is 36.7 Å². The van der Waals surface area contributed by atoms with Crippen molar-refractivity contribution in [2.45, 2.75) is 13.3 Å². The summed E-state index contributed by atoms with van der Waals surface area (Å²) in [7, 11) is 1.69. The molecular weight excluding hydrogens is 432 g/mol. The van der Waals surface area contributed by atoms with Crippen LogP contribution in [-0.2, 0) is 9.53 Å². The van der Waals surface area contributed by atoms with E-state index in [1.165, 1.54) is 22.8 Å². The van der Waals surface area contributed by atoms with Gasteiger partial charge in [-0.3, -0.25) is 4.79 Å². The number of carbonyl (C=O) groups is 1. The lowest BCUT2D eigenvalue weighted by atomic mass is 10.1. The third-order valence-electron chi connectivity index (χ3n) is 5.96. The number of aromatic nitrogens is 5. The molecule has 4 aromatic heterocycles. The Labute approximate surface area is 207 Å². The normalized spacial score (nSPS) is 29.4. The van der Waals surface area contributed by atoms with Gasteiger partial charge in [0, 0.05) is 43.1 Å². The molecule has 34 heavy (non-hydrogen) atoms. The molecule has 2 fully saturated rings. The zero-order valence-electron chi connectivity index (χ0n) is 26.3. The van der Waals surface area contributed by atoms with E-state index in [1.807, 2.05) is 6.92 Å². The minimum absolute atomic E-state index is 0.0609. The summed E-state index contributed by atoms with van der Waals surface area (Å²) < 4.78 is 71.2. The topological polar surface area (TPSA) is 110 Å². The molecule has 2 N–H and O–H groups in total. The van der Waals surface area contributed by atoms with Crippen LogP contribution >= 0.6 is 0 Å². The maximum Gasteiger partial charge on any atom is 0.228 e. The van der Waals surface area contributed by atoms with Crippen LogP contribution in [0.2, 0.25) is 0 Å². The van der Waals surface area contributed by atoms with Crippen molar-refractivity contribution in [1.29, 1.82) is 0 Å². The summed E-state index contributed by atoms with van der Waals surface area (Å²) in [5.74, 6) is 0.859. The maximum atomic E-state index is 12.5. The van der Waals surface area contributed by atoms with Gasteiger partial charge in [0.15, 0.2) is 11.6 Å². The number of hydrogen-bond acceptors (Lipinski definition) is 8. The molecule has 10 nitrogen and oxygen atoms in total. The summed E-state index contributed by atoms with van der Waals surface area (Å²) in [6.45, 7) is -10.5. The lowest BCUT2D eigenvalue weighted by molar-refractivity contribution is -0.117. The number of rotatable bonds is 5. The van der Waals surface area contributed by atoms with Crippen LogP contribution < -0.4 is 15.5 Å². The van der Waals surface area contributed by atoms with Crippen molar-refractivity contribution >= 4 is 39.6 Å². The molecule has 6 rings (SSSR count). The van der Waals surface area contributed by atoms with E-state index in [9.17, 15) is 4.79 Å². The number of nitrogens with one attached hydrogen (secondary N) is 2. The molecule has 0 aromatic carbocycles. The molecule has 1 saturated carbocycles. The van der Waals surface area contributed by atoms with Crippen LogP contribution in [0.5, 0.6) is 0 Å². The van der Waals surface area contributed by atoms with E-state index in [0.29, 0.717) is 44.3 Å². The predicted octanol–water partition coefficient (Wildman–Crippen LogP) is 2.81. The number of ether oxygens (including phenoxy) is 1. The quantitative estimate of drug-likeness (QED) is 0.462. The van der Waals surface area contributed by atoms with Crippen molar-refractivity contribution in [2.75, 3.05) is 48.7 Å². The monoisotopic (exact) mass is 466 g/mol. The van der Waals surface area contributed by atoms with Crippen molar-refractivity contribution < 1.29 is 20.5 Å². The Morgan fingerprint density at radius 2 is 2.06 bits per heavy atom. The average Bonchev–Trinajstić information content (AvgIpc) is 3.49. The first-order valence-electron chi connectivity index (χ1n) is 14.7. The molecule has 4 aromatic rings. The zero-order chi connectivity index (χ0) is 30.4. The van der Waals surface area contributed by atoms with Gasteiger partial charge in [-0.1, -0.05) is 6.92 Å². The van der Waals surface area contributed by atoms with Crippen LogP contribution in [0.25, 0.3) is 27.7 Å². The molecule has 1 saturated heterocycles. The Kier molecular flexibility index (Phi) is 3.33. The molecule has 1 amide bonds. The van der Waals surface area contributed by atoms with Crippen LogP contribution in [0, 0.1) is 11.8 Å². The summed E-state index contributed by atoms with van der Waals surface area (Å²) in [4.78, 5) is 17.3. The van der Waals surface area contributed by atoms with Crippen LogP contribution in [0.3, 0.4) is 0 Å². The Balaban J connectivity index is 1.44. The molecular formula is C24H26N8O2. The molecule has 0 spiro atoms. The average molecular weight is 467 g/mol. The first-order chi connectivity index (χ1) is 19.6. The van der Waals surface area contributed by atoms with Gasteiger partial charge in [0.1, 0.15) is 5.52 Å². The van der Waals surface area contributed by atoms with Crippen molar-refractivity contribution in [2.24, 2.45) is 11.8 Å². The molecule has 10 heteroatoms. The molecule has 0 bridgehead atoms. The molecule has 2 atom stereocenters. The second kappa shape index (κ2) is 8.21. The Bertz CT molecular complexity index is 1720. The first kappa shape index (κ1) is 13.8. The third kappa shape index (κ3) is 3.69. The number of morpholine rings is 1. The highest BCUT2D eigenvalue weighted by atomic mass is 16.5. The Morgan fingerprint density at radius 1 is 1.24 bits per heavy atom. The third-order valence-corrected chi connectivity index (χ3v) is 5.96. The van der Waals surface area contributed by atoms with Gasteiger partial charge in [-0.15, -0.1) is 10.2 Å². The maximum absolute atomic E-state index is 12.5. The van der Waals surface area contributed by atoms with Crippen molar-refractivity contribution in [3.8, 4) is 11.3 Å². The second-order valence-corrected chi connectivity index (χ2v) is 8.22. The van der Waals surface area contributed by atoms with Gasteiger partial charge < -0.3 is 20.3 Å². The summed E-state index contributed by atoms with van der Waals surface area (Å²) >= 11 is 0. The highest BCUT2D eigenvalue weighted by Gasteiger charge is 2.39. The summed E-state index contributed by atoms with van der Waals surface area (Å²) in [5, 5.41) is 19.4. The van der Waals surface area contributed by atoms with Crippen LogP contribution in [0.4, 0.5) is 17.3 Å². The SMILES string of the molecule is [2H]C1([2H])OC([2H])([2H])C([2H])([2H])N(c2ccc3cc(-c4cnc(NC)c5nnc(NC(=O)[C@H]6C[C@H]6C)cc45)nn3c2)C1([2H])[2H]. The molecule has 2 aliphatic rings. The van der Waals surface area contributed by atoms with Gasteiger partial charge in [0.05, 0.1) is 47.2 Å². The van der Waals surface area contributed by atoms with Crippen molar-refractivity contribution in [1.82, 2.24) is 24.8 Å².